The highest BCUT2D eigenvalue weighted by atomic mass is 35.5. The van der Waals surface area contributed by atoms with Crippen molar-refractivity contribution in [2.45, 2.75) is 0 Å². The fraction of sp³-hybridized carbons (Fsp3) is 0.0455. The number of hydrogen-bond donors (Lipinski definition) is 0. The van der Waals surface area contributed by atoms with Crippen LogP contribution in [0.1, 0.15) is 5.56 Å². The Hall–Kier alpha value is -3.04. The second kappa shape index (κ2) is 8.88. The fourth-order valence-corrected chi connectivity index (χ4v) is 2.45. The first-order valence-electron chi connectivity index (χ1n) is 8.15. The molecule has 0 aliphatic rings. The Labute approximate surface area is 158 Å². The van der Waals surface area contributed by atoms with Gasteiger partial charge in [0.05, 0.1) is 5.69 Å². The van der Waals surface area contributed by atoms with E-state index in [4.69, 9.17) is 21.1 Å². The Balaban J connectivity index is 1.72. The molecule has 0 amide bonds. The van der Waals surface area contributed by atoms with E-state index >= 15 is 0 Å². The lowest BCUT2D eigenvalue weighted by molar-refractivity contribution is 0.363. The summed E-state index contributed by atoms with van der Waals surface area (Å²) in [7, 11) is 0. The number of ether oxygens (including phenoxy) is 2. The molecule has 0 spiro atoms. The first-order valence-corrected chi connectivity index (χ1v) is 8.53. The molecule has 3 nitrogen and oxygen atoms in total. The molecular formula is C22H18ClNO2. The van der Waals surface area contributed by atoms with Crippen LogP contribution in [0.25, 0.3) is 0 Å². The van der Waals surface area contributed by atoms with Gasteiger partial charge in [0, 0.05) is 16.8 Å². The molecule has 0 saturated heterocycles. The van der Waals surface area contributed by atoms with Gasteiger partial charge in [-0.2, -0.15) is 0 Å². The van der Waals surface area contributed by atoms with Crippen LogP contribution in [0.2, 0.25) is 5.02 Å². The molecule has 0 saturated carbocycles. The Kier molecular flexibility index (Phi) is 6.07. The lowest BCUT2D eigenvalue weighted by atomic mass is 10.2. The number of aliphatic imine (C=N–C) groups is 1. The van der Waals surface area contributed by atoms with Crippen molar-refractivity contribution >= 4 is 23.5 Å². The summed E-state index contributed by atoms with van der Waals surface area (Å²) >= 11 is 6.08. The predicted molar refractivity (Wildman–Crippen MR) is 107 cm³/mol. The van der Waals surface area contributed by atoms with Crippen molar-refractivity contribution in [1.29, 1.82) is 0 Å². The number of halogens is 1. The van der Waals surface area contributed by atoms with E-state index in [-0.39, 0.29) is 0 Å². The van der Waals surface area contributed by atoms with Gasteiger partial charge < -0.3 is 9.47 Å². The first kappa shape index (κ1) is 17.8. The van der Waals surface area contributed by atoms with Crippen LogP contribution in [0.5, 0.6) is 17.2 Å². The van der Waals surface area contributed by atoms with Crippen molar-refractivity contribution in [2.75, 3.05) is 6.61 Å². The molecule has 0 unspecified atom stereocenters. The van der Waals surface area contributed by atoms with E-state index in [1.807, 2.05) is 66.7 Å². The highest BCUT2D eigenvalue weighted by molar-refractivity contribution is 6.30. The zero-order valence-electron chi connectivity index (χ0n) is 14.1. The highest BCUT2D eigenvalue weighted by Crippen LogP contribution is 2.25. The Morgan fingerprint density at radius 3 is 2.38 bits per heavy atom. The van der Waals surface area contributed by atoms with Crippen LogP contribution in [-0.4, -0.2) is 12.8 Å². The van der Waals surface area contributed by atoms with E-state index in [1.54, 1.807) is 18.4 Å². The highest BCUT2D eigenvalue weighted by Gasteiger charge is 2.03. The molecule has 130 valence electrons. The van der Waals surface area contributed by atoms with Crippen LogP contribution in [0.15, 0.2) is 90.4 Å². The van der Waals surface area contributed by atoms with E-state index in [2.05, 4.69) is 11.6 Å². The smallest absolute Gasteiger partial charge is 0.128 e. The van der Waals surface area contributed by atoms with Gasteiger partial charge in [0.2, 0.25) is 0 Å². The SMILES string of the molecule is C=CCOc1ccc(Cl)cc1C=Nc1ccc(Oc2ccccc2)cc1. The van der Waals surface area contributed by atoms with Crippen LogP contribution >= 0.6 is 11.6 Å². The first-order chi connectivity index (χ1) is 12.7. The van der Waals surface area contributed by atoms with Crippen molar-refractivity contribution in [1.82, 2.24) is 0 Å². The van der Waals surface area contributed by atoms with Gasteiger partial charge in [-0.15, -0.1) is 0 Å². The summed E-state index contributed by atoms with van der Waals surface area (Å²) in [5, 5.41) is 0.629. The standard InChI is InChI=1S/C22H18ClNO2/c1-2-14-25-22-13-8-18(23)15-17(22)16-24-19-9-11-21(12-10-19)26-20-6-4-3-5-7-20/h2-13,15-16H,1,14H2. The van der Waals surface area contributed by atoms with Gasteiger partial charge in [-0.25, -0.2) is 0 Å². The third kappa shape index (κ3) is 4.98. The minimum atomic E-state index is 0.425. The molecule has 0 bridgehead atoms. The minimum Gasteiger partial charge on any atom is -0.489 e. The number of rotatable bonds is 7. The lowest BCUT2D eigenvalue weighted by Crippen LogP contribution is -1.96. The summed E-state index contributed by atoms with van der Waals surface area (Å²) in [6.07, 6.45) is 3.43. The normalized spacial score (nSPS) is 10.7. The molecule has 3 aromatic carbocycles. The van der Waals surface area contributed by atoms with Crippen molar-refractivity contribution < 1.29 is 9.47 Å². The zero-order chi connectivity index (χ0) is 18.2. The molecule has 0 aromatic heterocycles. The summed E-state index contributed by atoms with van der Waals surface area (Å²) < 4.78 is 11.4. The van der Waals surface area contributed by atoms with E-state index in [1.165, 1.54) is 0 Å². The third-order valence-corrected chi connectivity index (χ3v) is 3.73. The van der Waals surface area contributed by atoms with Crippen LogP contribution < -0.4 is 9.47 Å². The van der Waals surface area contributed by atoms with Gasteiger partial charge in [-0.3, -0.25) is 4.99 Å². The van der Waals surface area contributed by atoms with E-state index in [9.17, 15) is 0 Å². The lowest BCUT2D eigenvalue weighted by Gasteiger charge is -2.07. The Bertz CT molecular complexity index is 890. The number of nitrogens with zero attached hydrogens (tertiary/aromatic N) is 1. The van der Waals surface area contributed by atoms with Gasteiger partial charge in [0.15, 0.2) is 0 Å². The number of para-hydroxylation sites is 1. The summed E-state index contributed by atoms with van der Waals surface area (Å²) in [6.45, 7) is 4.08. The number of benzene rings is 3. The average molecular weight is 364 g/mol. The van der Waals surface area contributed by atoms with Crippen LogP contribution in [0, 0.1) is 0 Å². The van der Waals surface area contributed by atoms with E-state index < -0.39 is 0 Å². The quantitative estimate of drug-likeness (QED) is 0.357. The van der Waals surface area contributed by atoms with Gasteiger partial charge in [0.1, 0.15) is 23.9 Å². The van der Waals surface area contributed by atoms with Gasteiger partial charge >= 0.3 is 0 Å². The Morgan fingerprint density at radius 1 is 0.923 bits per heavy atom. The molecule has 0 aliphatic heterocycles. The second-order valence-corrected chi connectivity index (χ2v) is 5.89. The second-order valence-electron chi connectivity index (χ2n) is 5.45. The zero-order valence-corrected chi connectivity index (χ0v) is 14.9. The summed E-state index contributed by atoms with van der Waals surface area (Å²) in [4.78, 5) is 4.49. The maximum absolute atomic E-state index is 6.08. The minimum absolute atomic E-state index is 0.425. The molecule has 0 fully saturated rings. The monoisotopic (exact) mass is 363 g/mol. The maximum atomic E-state index is 6.08. The van der Waals surface area contributed by atoms with Crippen LogP contribution in [0.3, 0.4) is 0 Å². The molecule has 0 aliphatic carbocycles. The predicted octanol–water partition coefficient (Wildman–Crippen LogP) is 6.45. The van der Waals surface area contributed by atoms with E-state index in [0.29, 0.717) is 17.4 Å². The molecule has 0 N–H and O–H groups in total. The third-order valence-electron chi connectivity index (χ3n) is 3.50. The Morgan fingerprint density at radius 2 is 1.65 bits per heavy atom. The van der Waals surface area contributed by atoms with Crippen LogP contribution in [0.4, 0.5) is 5.69 Å². The molecular weight excluding hydrogens is 346 g/mol. The molecule has 26 heavy (non-hydrogen) atoms. The maximum Gasteiger partial charge on any atom is 0.128 e. The molecule has 0 heterocycles. The van der Waals surface area contributed by atoms with Gasteiger partial charge in [-0.05, 0) is 54.6 Å². The summed E-state index contributed by atoms with van der Waals surface area (Å²) in [5.41, 5.74) is 1.61. The van der Waals surface area contributed by atoms with Crippen molar-refractivity contribution in [3.8, 4) is 17.2 Å². The topological polar surface area (TPSA) is 30.8 Å². The molecule has 3 rings (SSSR count). The summed E-state index contributed by atoms with van der Waals surface area (Å²) in [6, 6.07) is 22.6. The molecule has 4 heteroatoms. The molecule has 3 aromatic rings. The number of hydrogen-bond acceptors (Lipinski definition) is 3. The fourth-order valence-electron chi connectivity index (χ4n) is 2.27. The van der Waals surface area contributed by atoms with Gasteiger partial charge in [0.25, 0.3) is 0 Å². The molecule has 0 radical (unpaired) electrons. The van der Waals surface area contributed by atoms with Crippen molar-refractivity contribution in [2.24, 2.45) is 4.99 Å². The molecule has 0 atom stereocenters. The van der Waals surface area contributed by atoms with Crippen LogP contribution in [-0.2, 0) is 0 Å². The van der Waals surface area contributed by atoms with Crippen molar-refractivity contribution in [3.63, 3.8) is 0 Å². The van der Waals surface area contributed by atoms with E-state index in [0.717, 1.165) is 22.7 Å². The average Bonchev–Trinajstić information content (AvgIpc) is 2.67. The summed E-state index contributed by atoms with van der Waals surface area (Å²) in [5.74, 6) is 2.27. The largest absolute Gasteiger partial charge is 0.489 e. The van der Waals surface area contributed by atoms with Gasteiger partial charge in [-0.1, -0.05) is 42.5 Å². The van der Waals surface area contributed by atoms with Crippen molar-refractivity contribution in [3.05, 3.63) is 96.0 Å².